The standard InChI is InChI=1S/C17H15ClO5/c1-22-13-6-4-3-5-11(13)12(17(20)21)9-10-7-8-14(23-2)16(19)15(10)18/h3-9,19H,1-2H3,(H,20,21)/b12-9-. The number of methoxy groups -OCH3 is 2. The number of carboxylic acids is 1. The number of carbonyl (C=O) groups is 1. The van der Waals surface area contributed by atoms with Gasteiger partial charge in [-0.1, -0.05) is 29.8 Å². The second-order valence-corrected chi connectivity index (χ2v) is 4.96. The van der Waals surface area contributed by atoms with Crippen molar-refractivity contribution in [2.24, 2.45) is 0 Å². The van der Waals surface area contributed by atoms with Crippen LogP contribution >= 0.6 is 11.6 Å². The second kappa shape index (κ2) is 7.07. The first-order chi connectivity index (χ1) is 11.0. The number of aliphatic carboxylic acids is 1. The number of para-hydroxylation sites is 1. The molecule has 23 heavy (non-hydrogen) atoms. The number of hydrogen-bond acceptors (Lipinski definition) is 4. The van der Waals surface area contributed by atoms with Gasteiger partial charge in [0.2, 0.25) is 0 Å². The smallest absolute Gasteiger partial charge is 0.336 e. The number of ether oxygens (including phenoxy) is 2. The zero-order chi connectivity index (χ0) is 17.0. The minimum Gasteiger partial charge on any atom is -0.503 e. The molecule has 0 fully saturated rings. The first-order valence-corrected chi connectivity index (χ1v) is 7.01. The number of phenols is 1. The summed E-state index contributed by atoms with van der Waals surface area (Å²) in [6.07, 6.45) is 1.38. The molecule has 0 saturated carbocycles. The van der Waals surface area contributed by atoms with Crippen molar-refractivity contribution in [3.8, 4) is 17.2 Å². The fraction of sp³-hybridized carbons (Fsp3) is 0.118. The second-order valence-electron chi connectivity index (χ2n) is 4.58. The van der Waals surface area contributed by atoms with Crippen LogP contribution in [0.2, 0.25) is 5.02 Å². The van der Waals surface area contributed by atoms with Crippen LogP contribution in [0, 0.1) is 0 Å². The Morgan fingerprint density at radius 3 is 2.35 bits per heavy atom. The van der Waals surface area contributed by atoms with E-state index in [1.54, 1.807) is 30.3 Å². The van der Waals surface area contributed by atoms with Crippen LogP contribution < -0.4 is 9.47 Å². The van der Waals surface area contributed by atoms with Crippen LogP contribution in [0.3, 0.4) is 0 Å². The highest BCUT2D eigenvalue weighted by molar-refractivity contribution is 6.34. The highest BCUT2D eigenvalue weighted by Crippen LogP contribution is 2.38. The molecule has 0 aromatic heterocycles. The van der Waals surface area contributed by atoms with Gasteiger partial charge in [0, 0.05) is 5.56 Å². The molecule has 0 unspecified atom stereocenters. The number of phenolic OH excluding ortho intramolecular Hbond substituents is 1. The summed E-state index contributed by atoms with van der Waals surface area (Å²) in [4.78, 5) is 11.6. The van der Waals surface area contributed by atoms with E-state index in [0.29, 0.717) is 16.9 Å². The van der Waals surface area contributed by atoms with Gasteiger partial charge in [0.1, 0.15) is 5.75 Å². The maximum absolute atomic E-state index is 11.6. The van der Waals surface area contributed by atoms with Gasteiger partial charge in [-0.15, -0.1) is 0 Å². The molecule has 0 spiro atoms. The van der Waals surface area contributed by atoms with Crippen LogP contribution in [-0.2, 0) is 4.79 Å². The summed E-state index contributed by atoms with van der Waals surface area (Å²) in [7, 11) is 2.86. The van der Waals surface area contributed by atoms with Gasteiger partial charge in [0.25, 0.3) is 0 Å². The van der Waals surface area contributed by atoms with Crippen molar-refractivity contribution in [2.45, 2.75) is 0 Å². The molecule has 5 nitrogen and oxygen atoms in total. The zero-order valence-electron chi connectivity index (χ0n) is 12.5. The molecule has 120 valence electrons. The third kappa shape index (κ3) is 3.40. The van der Waals surface area contributed by atoms with Crippen molar-refractivity contribution in [2.75, 3.05) is 14.2 Å². The lowest BCUT2D eigenvalue weighted by Gasteiger charge is -2.11. The van der Waals surface area contributed by atoms with Gasteiger partial charge in [-0.3, -0.25) is 0 Å². The van der Waals surface area contributed by atoms with Crippen LogP contribution in [0.1, 0.15) is 11.1 Å². The fourth-order valence-electron chi connectivity index (χ4n) is 2.12. The molecular formula is C17H15ClO5. The molecule has 0 amide bonds. The van der Waals surface area contributed by atoms with Crippen molar-refractivity contribution >= 4 is 29.2 Å². The van der Waals surface area contributed by atoms with Gasteiger partial charge in [0.05, 0.1) is 24.8 Å². The van der Waals surface area contributed by atoms with E-state index in [-0.39, 0.29) is 22.1 Å². The molecule has 0 aliphatic heterocycles. The topological polar surface area (TPSA) is 76.0 Å². The molecule has 2 N–H and O–H groups in total. The number of halogens is 1. The van der Waals surface area contributed by atoms with Crippen LogP contribution in [0.5, 0.6) is 17.2 Å². The van der Waals surface area contributed by atoms with Crippen molar-refractivity contribution in [1.29, 1.82) is 0 Å². The van der Waals surface area contributed by atoms with Crippen molar-refractivity contribution < 1.29 is 24.5 Å². The van der Waals surface area contributed by atoms with Crippen LogP contribution in [-0.4, -0.2) is 30.4 Å². The predicted molar refractivity (Wildman–Crippen MR) is 88.2 cm³/mol. The average molecular weight is 335 g/mol. The number of rotatable bonds is 5. The van der Waals surface area contributed by atoms with E-state index in [0.717, 1.165) is 0 Å². The number of aromatic hydroxyl groups is 1. The Bertz CT molecular complexity index is 768. The van der Waals surface area contributed by atoms with E-state index in [4.69, 9.17) is 21.1 Å². The highest BCUT2D eigenvalue weighted by Gasteiger charge is 2.17. The Morgan fingerprint density at radius 2 is 1.74 bits per heavy atom. The summed E-state index contributed by atoms with van der Waals surface area (Å²) < 4.78 is 10.2. The maximum atomic E-state index is 11.6. The summed E-state index contributed by atoms with van der Waals surface area (Å²) in [5.41, 5.74) is 0.760. The monoisotopic (exact) mass is 334 g/mol. The van der Waals surface area contributed by atoms with Gasteiger partial charge in [0.15, 0.2) is 11.5 Å². The minimum absolute atomic E-state index is 0.00563. The first-order valence-electron chi connectivity index (χ1n) is 6.63. The molecule has 6 heteroatoms. The number of carboxylic acid groups (broad SMARTS) is 1. The van der Waals surface area contributed by atoms with E-state index in [1.165, 1.54) is 26.4 Å². The van der Waals surface area contributed by atoms with Gasteiger partial charge in [-0.2, -0.15) is 0 Å². The number of hydrogen-bond donors (Lipinski definition) is 2. The molecule has 0 radical (unpaired) electrons. The summed E-state index contributed by atoms with van der Waals surface area (Å²) >= 11 is 6.09. The molecule has 0 saturated heterocycles. The summed E-state index contributed by atoms with van der Waals surface area (Å²) in [6.45, 7) is 0. The lowest BCUT2D eigenvalue weighted by molar-refractivity contribution is -0.130. The van der Waals surface area contributed by atoms with E-state index < -0.39 is 5.97 Å². The fourth-order valence-corrected chi connectivity index (χ4v) is 2.33. The van der Waals surface area contributed by atoms with Crippen molar-refractivity contribution in [3.63, 3.8) is 0 Å². The molecule has 0 heterocycles. The van der Waals surface area contributed by atoms with Crippen LogP contribution in [0.15, 0.2) is 36.4 Å². The van der Waals surface area contributed by atoms with Crippen molar-refractivity contribution in [3.05, 3.63) is 52.5 Å². The zero-order valence-corrected chi connectivity index (χ0v) is 13.3. The summed E-state index contributed by atoms with van der Waals surface area (Å²) in [5, 5.41) is 19.5. The van der Waals surface area contributed by atoms with Crippen molar-refractivity contribution in [1.82, 2.24) is 0 Å². The van der Waals surface area contributed by atoms with E-state index in [1.807, 2.05) is 0 Å². The Kier molecular flexibility index (Phi) is 5.13. The van der Waals surface area contributed by atoms with E-state index >= 15 is 0 Å². The molecule has 0 bridgehead atoms. The Balaban J connectivity index is 2.61. The first kappa shape index (κ1) is 16.7. The molecule has 2 aromatic carbocycles. The Labute approximate surface area is 138 Å². The summed E-state index contributed by atoms with van der Waals surface area (Å²) in [5.74, 6) is -0.745. The Hall–Kier alpha value is -2.66. The van der Waals surface area contributed by atoms with Gasteiger partial charge in [-0.25, -0.2) is 4.79 Å². The maximum Gasteiger partial charge on any atom is 0.336 e. The largest absolute Gasteiger partial charge is 0.503 e. The molecule has 2 aromatic rings. The summed E-state index contributed by atoms with van der Waals surface area (Å²) in [6, 6.07) is 9.83. The molecule has 0 atom stereocenters. The quantitative estimate of drug-likeness (QED) is 0.644. The van der Waals surface area contributed by atoms with E-state index in [2.05, 4.69) is 0 Å². The third-order valence-electron chi connectivity index (χ3n) is 3.26. The van der Waals surface area contributed by atoms with Gasteiger partial charge in [-0.05, 0) is 29.8 Å². The number of benzene rings is 2. The minimum atomic E-state index is -1.14. The average Bonchev–Trinajstić information content (AvgIpc) is 2.56. The normalized spacial score (nSPS) is 11.2. The van der Waals surface area contributed by atoms with E-state index in [9.17, 15) is 15.0 Å². The van der Waals surface area contributed by atoms with Crippen LogP contribution in [0.4, 0.5) is 0 Å². The third-order valence-corrected chi connectivity index (χ3v) is 3.65. The van der Waals surface area contributed by atoms with Crippen LogP contribution in [0.25, 0.3) is 11.6 Å². The lowest BCUT2D eigenvalue weighted by atomic mass is 10.0. The predicted octanol–water partition coefficient (Wildman–Crippen LogP) is 3.69. The molecule has 0 aliphatic rings. The molecular weight excluding hydrogens is 320 g/mol. The molecule has 0 aliphatic carbocycles. The van der Waals surface area contributed by atoms with Gasteiger partial charge >= 0.3 is 5.97 Å². The molecule has 2 rings (SSSR count). The Morgan fingerprint density at radius 1 is 1.09 bits per heavy atom. The SMILES string of the molecule is COc1ccccc1/C(=C/c1ccc(OC)c(O)c1Cl)C(=O)O. The van der Waals surface area contributed by atoms with Gasteiger partial charge < -0.3 is 19.7 Å². The lowest BCUT2D eigenvalue weighted by Crippen LogP contribution is -2.02. The highest BCUT2D eigenvalue weighted by atomic mass is 35.5.